The predicted octanol–water partition coefficient (Wildman–Crippen LogP) is 3.13. The molecule has 0 unspecified atom stereocenters. The van der Waals surface area contributed by atoms with Crippen molar-refractivity contribution in [2.45, 2.75) is 6.92 Å². The maximum Gasteiger partial charge on any atom is 0.178 e. The van der Waals surface area contributed by atoms with Crippen molar-refractivity contribution in [3.63, 3.8) is 0 Å². The van der Waals surface area contributed by atoms with Gasteiger partial charge >= 0.3 is 0 Å². The zero-order chi connectivity index (χ0) is 10.3. The Bertz CT molecular complexity index is 502. The second-order valence-corrected chi connectivity index (χ2v) is 4.19. The molecule has 15 heavy (non-hydrogen) atoms. The Morgan fingerprint density at radius 3 is 3.00 bits per heavy atom. The Kier molecular flexibility index (Phi) is 1.89. The van der Waals surface area contributed by atoms with Crippen molar-refractivity contribution in [3.8, 4) is 0 Å². The van der Waals surface area contributed by atoms with Gasteiger partial charge < -0.3 is 0 Å². The number of hydrogen-bond acceptors (Lipinski definition) is 4. The summed E-state index contributed by atoms with van der Waals surface area (Å²) in [5, 5.41) is 3.01. The van der Waals surface area contributed by atoms with E-state index in [2.05, 4.69) is 21.0 Å². The summed E-state index contributed by atoms with van der Waals surface area (Å²) in [4.78, 5) is 11.0. The van der Waals surface area contributed by atoms with Gasteiger partial charge in [-0.3, -0.25) is 4.90 Å². The first kappa shape index (κ1) is 8.73. The maximum absolute atomic E-state index is 4.46. The lowest BCUT2D eigenvalue weighted by molar-refractivity contribution is 1.38. The molecule has 0 fully saturated rings. The molecule has 1 aromatic carbocycles. The fourth-order valence-electron chi connectivity index (χ4n) is 1.64. The first-order valence-corrected chi connectivity index (χ1v) is 5.58. The van der Waals surface area contributed by atoms with E-state index < -0.39 is 0 Å². The molecule has 2 heterocycles. The molecule has 0 radical (unpaired) electrons. The third-order valence-corrected chi connectivity index (χ3v) is 3.03. The van der Waals surface area contributed by atoms with Crippen molar-refractivity contribution < 1.29 is 0 Å². The number of benzene rings is 1. The number of para-hydroxylation sites is 2. The Labute approximate surface area is 92.2 Å². The zero-order valence-corrected chi connectivity index (χ0v) is 9.03. The van der Waals surface area contributed by atoms with Crippen LogP contribution >= 0.6 is 11.8 Å². The van der Waals surface area contributed by atoms with Crippen LogP contribution in [0.15, 0.2) is 45.9 Å². The summed E-state index contributed by atoms with van der Waals surface area (Å²) in [6, 6.07) is 8.08. The lowest BCUT2D eigenvalue weighted by Gasteiger charge is -2.15. The average Bonchev–Trinajstić information content (AvgIpc) is 2.62. The van der Waals surface area contributed by atoms with Crippen LogP contribution in [0.25, 0.3) is 0 Å². The van der Waals surface area contributed by atoms with E-state index in [0.717, 1.165) is 22.4 Å². The summed E-state index contributed by atoms with van der Waals surface area (Å²) in [5.74, 6) is 0.802. The number of anilines is 1. The van der Waals surface area contributed by atoms with E-state index in [9.17, 15) is 0 Å². The number of amidine groups is 2. The highest BCUT2D eigenvalue weighted by Gasteiger charge is 2.21. The first-order valence-electron chi connectivity index (χ1n) is 4.70. The molecule has 0 aliphatic carbocycles. The highest BCUT2D eigenvalue weighted by Crippen LogP contribution is 2.36. The standard InChI is InChI=1S/C11H9N3S/c1-8-12-9-4-2-3-5-10(9)14-6-7-15-11(14)13-8/h2-7H,1H3. The molecule has 0 N–H and O–H groups in total. The smallest absolute Gasteiger partial charge is 0.178 e. The van der Waals surface area contributed by atoms with Crippen LogP contribution in [0.4, 0.5) is 11.4 Å². The van der Waals surface area contributed by atoms with E-state index >= 15 is 0 Å². The maximum atomic E-state index is 4.46. The number of rotatable bonds is 0. The monoisotopic (exact) mass is 215 g/mol. The largest absolute Gasteiger partial charge is 0.293 e. The van der Waals surface area contributed by atoms with Gasteiger partial charge in [0, 0.05) is 6.20 Å². The van der Waals surface area contributed by atoms with Gasteiger partial charge in [-0.05, 0) is 24.5 Å². The highest BCUT2D eigenvalue weighted by molar-refractivity contribution is 8.17. The lowest BCUT2D eigenvalue weighted by Crippen LogP contribution is -2.18. The highest BCUT2D eigenvalue weighted by atomic mass is 32.2. The number of fused-ring (bicyclic) bond motifs is 3. The van der Waals surface area contributed by atoms with Gasteiger partial charge in [0.25, 0.3) is 0 Å². The van der Waals surface area contributed by atoms with Crippen molar-refractivity contribution in [2.24, 2.45) is 9.98 Å². The van der Waals surface area contributed by atoms with Crippen LogP contribution in [0, 0.1) is 0 Å². The molecule has 0 amide bonds. The normalized spacial score (nSPS) is 17.8. The SMILES string of the molecule is CC1=Nc2ccccc2N2C=CSC2=N1. The quantitative estimate of drug-likeness (QED) is 0.665. The minimum atomic E-state index is 0.802. The van der Waals surface area contributed by atoms with Crippen LogP contribution in [0.1, 0.15) is 6.92 Å². The van der Waals surface area contributed by atoms with Crippen LogP contribution in [-0.2, 0) is 0 Å². The molecule has 0 bridgehead atoms. The Morgan fingerprint density at radius 2 is 2.07 bits per heavy atom. The second kappa shape index (κ2) is 3.24. The Morgan fingerprint density at radius 1 is 1.20 bits per heavy atom. The summed E-state index contributed by atoms with van der Waals surface area (Å²) in [6.07, 6.45) is 2.02. The molecule has 0 aromatic heterocycles. The molecule has 0 saturated carbocycles. The summed E-state index contributed by atoms with van der Waals surface area (Å²) < 4.78 is 0. The second-order valence-electron chi connectivity index (χ2n) is 3.32. The zero-order valence-electron chi connectivity index (χ0n) is 8.21. The van der Waals surface area contributed by atoms with Crippen LogP contribution < -0.4 is 4.90 Å². The Hall–Kier alpha value is -1.55. The van der Waals surface area contributed by atoms with Gasteiger partial charge in [-0.25, -0.2) is 9.98 Å². The topological polar surface area (TPSA) is 28.0 Å². The number of thioether (sulfide) groups is 1. The Balaban J connectivity index is 2.24. The van der Waals surface area contributed by atoms with Gasteiger partial charge in [0.15, 0.2) is 5.17 Å². The number of aliphatic imine (C=N–C) groups is 2. The number of hydrogen-bond donors (Lipinski definition) is 0. The fraction of sp³-hybridized carbons (Fsp3) is 0.0909. The van der Waals surface area contributed by atoms with E-state index in [1.54, 1.807) is 11.8 Å². The molecule has 0 atom stereocenters. The van der Waals surface area contributed by atoms with Crippen molar-refractivity contribution in [3.05, 3.63) is 35.9 Å². The molecule has 4 heteroatoms. The molecular weight excluding hydrogens is 206 g/mol. The van der Waals surface area contributed by atoms with Crippen LogP contribution in [0.3, 0.4) is 0 Å². The minimum Gasteiger partial charge on any atom is -0.293 e. The van der Waals surface area contributed by atoms with Gasteiger partial charge in [-0.15, -0.1) is 0 Å². The van der Waals surface area contributed by atoms with Crippen molar-refractivity contribution in [1.82, 2.24) is 0 Å². The minimum absolute atomic E-state index is 0.802. The summed E-state index contributed by atoms with van der Waals surface area (Å²) in [5.41, 5.74) is 2.07. The fourth-order valence-corrected chi connectivity index (χ4v) is 2.40. The first-order chi connectivity index (χ1) is 7.34. The molecule has 3 rings (SSSR count). The molecule has 1 aromatic rings. The molecule has 3 nitrogen and oxygen atoms in total. The summed E-state index contributed by atoms with van der Waals surface area (Å²) >= 11 is 1.62. The molecule has 0 saturated heterocycles. The summed E-state index contributed by atoms with van der Waals surface area (Å²) in [7, 11) is 0. The average molecular weight is 215 g/mol. The lowest BCUT2D eigenvalue weighted by atomic mass is 10.2. The van der Waals surface area contributed by atoms with E-state index in [1.165, 1.54) is 0 Å². The van der Waals surface area contributed by atoms with E-state index in [-0.39, 0.29) is 0 Å². The van der Waals surface area contributed by atoms with Gasteiger partial charge in [0.05, 0.1) is 11.4 Å². The van der Waals surface area contributed by atoms with Gasteiger partial charge in [0.1, 0.15) is 5.84 Å². The molecule has 2 aliphatic rings. The van der Waals surface area contributed by atoms with Gasteiger partial charge in [-0.2, -0.15) is 0 Å². The van der Waals surface area contributed by atoms with Crippen LogP contribution in [-0.4, -0.2) is 11.0 Å². The molecule has 0 spiro atoms. The third-order valence-electron chi connectivity index (χ3n) is 2.27. The van der Waals surface area contributed by atoms with Crippen molar-refractivity contribution in [1.29, 1.82) is 0 Å². The van der Waals surface area contributed by atoms with Crippen LogP contribution in [0.5, 0.6) is 0 Å². The molecule has 74 valence electrons. The van der Waals surface area contributed by atoms with Crippen LogP contribution in [0.2, 0.25) is 0 Å². The van der Waals surface area contributed by atoms with E-state index in [0.29, 0.717) is 0 Å². The number of nitrogens with zero attached hydrogens (tertiary/aromatic N) is 3. The van der Waals surface area contributed by atoms with E-state index in [1.807, 2.05) is 36.7 Å². The van der Waals surface area contributed by atoms with Gasteiger partial charge in [0.2, 0.25) is 0 Å². The molecular formula is C11H9N3S. The van der Waals surface area contributed by atoms with Crippen molar-refractivity contribution >= 4 is 34.1 Å². The van der Waals surface area contributed by atoms with Crippen molar-refractivity contribution in [2.75, 3.05) is 4.90 Å². The van der Waals surface area contributed by atoms with Gasteiger partial charge in [-0.1, -0.05) is 23.9 Å². The molecule has 2 aliphatic heterocycles. The van der Waals surface area contributed by atoms with E-state index in [4.69, 9.17) is 0 Å². The summed E-state index contributed by atoms with van der Waals surface area (Å²) in [6.45, 7) is 1.92. The predicted molar refractivity (Wildman–Crippen MR) is 65.9 cm³/mol. The third kappa shape index (κ3) is 1.37.